The number of hydrogen-bond donors (Lipinski definition) is 0. The second-order valence-corrected chi connectivity index (χ2v) is 5.04. The Morgan fingerprint density at radius 3 is 2.30 bits per heavy atom. The van der Waals surface area contributed by atoms with Crippen LogP contribution in [0.1, 0.15) is 36.5 Å². The Morgan fingerprint density at radius 1 is 1.04 bits per heavy atom. The predicted molar refractivity (Wildman–Crippen MR) is 87.0 cm³/mol. The first kappa shape index (κ1) is 18.8. The van der Waals surface area contributed by atoms with E-state index in [4.69, 9.17) is 9.47 Å². The molecule has 0 spiro atoms. The van der Waals surface area contributed by atoms with Crippen molar-refractivity contribution < 1.29 is 23.8 Å². The minimum Gasteiger partial charge on any atom is -0.493 e. The van der Waals surface area contributed by atoms with E-state index in [2.05, 4.69) is 11.7 Å². The Kier molecular flexibility index (Phi) is 7.94. The van der Waals surface area contributed by atoms with E-state index in [9.17, 15) is 9.59 Å². The number of methoxy groups -OCH3 is 3. The predicted octanol–water partition coefficient (Wildman–Crippen LogP) is 2.51. The minimum absolute atomic E-state index is 0.136. The first-order valence-corrected chi connectivity index (χ1v) is 7.65. The molecule has 23 heavy (non-hydrogen) atoms. The molecule has 1 rings (SSSR count). The fraction of sp³-hybridized carbons (Fsp3) is 0.529. The molecule has 0 aliphatic rings. The Bertz CT molecular complexity index is 530. The van der Waals surface area contributed by atoms with E-state index in [1.54, 1.807) is 30.2 Å². The molecule has 0 bridgehead atoms. The highest BCUT2D eigenvalue weighted by Crippen LogP contribution is 2.28. The highest BCUT2D eigenvalue weighted by Gasteiger charge is 2.18. The van der Waals surface area contributed by atoms with Gasteiger partial charge in [0.25, 0.3) is 5.91 Å². The lowest BCUT2D eigenvalue weighted by Gasteiger charge is -2.22. The SMILES string of the molecule is CCCCN(CCC(=O)OC)C(=O)c1ccc(OC)c(OC)c1. The molecule has 0 aromatic heterocycles. The third-order valence-electron chi connectivity index (χ3n) is 3.51. The summed E-state index contributed by atoms with van der Waals surface area (Å²) in [7, 11) is 4.41. The van der Waals surface area contributed by atoms with Crippen molar-refractivity contribution in [2.24, 2.45) is 0 Å². The standard InChI is InChI=1S/C17H25NO5/c1-5-6-10-18(11-9-16(19)23-4)17(20)13-7-8-14(21-2)15(12-13)22-3/h7-8,12H,5-6,9-11H2,1-4H3. The first-order chi connectivity index (χ1) is 11.1. The van der Waals surface area contributed by atoms with Gasteiger partial charge < -0.3 is 19.1 Å². The van der Waals surface area contributed by atoms with Crippen LogP contribution in [0.3, 0.4) is 0 Å². The summed E-state index contributed by atoms with van der Waals surface area (Å²) in [5.41, 5.74) is 0.503. The second-order valence-electron chi connectivity index (χ2n) is 5.04. The van der Waals surface area contributed by atoms with Gasteiger partial charge >= 0.3 is 5.97 Å². The van der Waals surface area contributed by atoms with Crippen LogP contribution in [0.2, 0.25) is 0 Å². The number of nitrogens with zero attached hydrogens (tertiary/aromatic N) is 1. The van der Waals surface area contributed by atoms with Crippen LogP contribution in [0, 0.1) is 0 Å². The number of carbonyl (C=O) groups is 2. The van der Waals surface area contributed by atoms with Crippen LogP contribution in [0.25, 0.3) is 0 Å². The summed E-state index contributed by atoms with van der Waals surface area (Å²) >= 11 is 0. The number of rotatable bonds is 9. The van der Waals surface area contributed by atoms with Gasteiger partial charge in [-0.25, -0.2) is 0 Å². The Morgan fingerprint density at radius 2 is 1.74 bits per heavy atom. The lowest BCUT2D eigenvalue weighted by Crippen LogP contribution is -2.34. The molecule has 0 fully saturated rings. The van der Waals surface area contributed by atoms with Gasteiger partial charge in [0.15, 0.2) is 11.5 Å². The summed E-state index contributed by atoms with van der Waals surface area (Å²) < 4.78 is 15.1. The molecule has 1 amide bonds. The topological polar surface area (TPSA) is 65.1 Å². The summed E-state index contributed by atoms with van der Waals surface area (Å²) in [5.74, 6) is 0.607. The van der Waals surface area contributed by atoms with Crippen molar-refractivity contribution in [2.45, 2.75) is 26.2 Å². The van der Waals surface area contributed by atoms with Gasteiger partial charge in [0.05, 0.1) is 27.8 Å². The summed E-state index contributed by atoms with van der Waals surface area (Å²) in [6, 6.07) is 5.05. The number of ether oxygens (including phenoxy) is 3. The van der Waals surface area contributed by atoms with Gasteiger partial charge in [0, 0.05) is 18.7 Å². The average molecular weight is 323 g/mol. The van der Waals surface area contributed by atoms with E-state index in [1.165, 1.54) is 14.2 Å². The summed E-state index contributed by atoms with van der Waals surface area (Å²) in [5, 5.41) is 0. The number of amides is 1. The van der Waals surface area contributed by atoms with Gasteiger partial charge in [-0.3, -0.25) is 9.59 Å². The van der Waals surface area contributed by atoms with Gasteiger partial charge in [-0.1, -0.05) is 13.3 Å². The molecule has 0 heterocycles. The third kappa shape index (κ3) is 5.47. The minimum atomic E-state index is -0.327. The van der Waals surface area contributed by atoms with Crippen LogP contribution < -0.4 is 9.47 Å². The molecule has 1 aromatic carbocycles. The Labute approximate surface area is 137 Å². The number of esters is 1. The normalized spacial score (nSPS) is 10.1. The summed E-state index contributed by atoms with van der Waals surface area (Å²) in [6.07, 6.45) is 2.02. The number of benzene rings is 1. The molecule has 0 aliphatic heterocycles. The molecule has 0 radical (unpaired) electrons. The maximum atomic E-state index is 12.7. The van der Waals surface area contributed by atoms with Gasteiger partial charge in [0.2, 0.25) is 0 Å². The summed E-state index contributed by atoms with van der Waals surface area (Å²) in [4.78, 5) is 25.7. The fourth-order valence-electron chi connectivity index (χ4n) is 2.14. The fourth-order valence-corrected chi connectivity index (χ4v) is 2.14. The van der Waals surface area contributed by atoms with Crippen LogP contribution >= 0.6 is 0 Å². The van der Waals surface area contributed by atoms with Crippen molar-refractivity contribution in [3.63, 3.8) is 0 Å². The molecular weight excluding hydrogens is 298 g/mol. The van der Waals surface area contributed by atoms with Gasteiger partial charge in [0.1, 0.15) is 0 Å². The molecule has 128 valence electrons. The number of unbranched alkanes of at least 4 members (excludes halogenated alkanes) is 1. The van der Waals surface area contributed by atoms with Gasteiger partial charge in [-0.05, 0) is 24.6 Å². The second kappa shape index (κ2) is 9.71. The zero-order chi connectivity index (χ0) is 17.2. The molecule has 0 unspecified atom stereocenters. The van der Waals surface area contributed by atoms with Crippen LogP contribution in [-0.4, -0.2) is 51.2 Å². The van der Waals surface area contributed by atoms with Crippen molar-refractivity contribution in [3.05, 3.63) is 23.8 Å². The van der Waals surface area contributed by atoms with E-state index in [0.29, 0.717) is 30.2 Å². The highest BCUT2D eigenvalue weighted by atomic mass is 16.5. The van der Waals surface area contributed by atoms with E-state index in [1.807, 2.05) is 0 Å². The molecule has 6 heteroatoms. The molecule has 0 atom stereocenters. The van der Waals surface area contributed by atoms with Gasteiger partial charge in [-0.15, -0.1) is 0 Å². The molecule has 0 saturated carbocycles. The smallest absolute Gasteiger partial charge is 0.307 e. The zero-order valence-corrected chi connectivity index (χ0v) is 14.3. The Balaban J connectivity index is 2.91. The van der Waals surface area contributed by atoms with Crippen molar-refractivity contribution in [3.8, 4) is 11.5 Å². The number of hydrogen-bond acceptors (Lipinski definition) is 5. The molecule has 0 saturated heterocycles. The summed E-state index contributed by atoms with van der Waals surface area (Å²) in [6.45, 7) is 2.99. The molecule has 0 N–H and O–H groups in total. The van der Waals surface area contributed by atoms with Crippen molar-refractivity contribution in [1.82, 2.24) is 4.90 Å². The largest absolute Gasteiger partial charge is 0.493 e. The highest BCUT2D eigenvalue weighted by molar-refractivity contribution is 5.95. The maximum Gasteiger partial charge on any atom is 0.307 e. The number of carbonyl (C=O) groups excluding carboxylic acids is 2. The van der Waals surface area contributed by atoms with Crippen LogP contribution in [-0.2, 0) is 9.53 Å². The van der Waals surface area contributed by atoms with E-state index >= 15 is 0 Å². The molecular formula is C17H25NO5. The molecule has 1 aromatic rings. The Hall–Kier alpha value is -2.24. The van der Waals surface area contributed by atoms with Crippen molar-refractivity contribution in [2.75, 3.05) is 34.4 Å². The first-order valence-electron chi connectivity index (χ1n) is 7.65. The van der Waals surface area contributed by atoms with E-state index in [-0.39, 0.29) is 18.3 Å². The zero-order valence-electron chi connectivity index (χ0n) is 14.3. The monoisotopic (exact) mass is 323 g/mol. The van der Waals surface area contributed by atoms with Crippen molar-refractivity contribution in [1.29, 1.82) is 0 Å². The van der Waals surface area contributed by atoms with Crippen LogP contribution in [0.15, 0.2) is 18.2 Å². The quantitative estimate of drug-likeness (QED) is 0.653. The maximum absolute atomic E-state index is 12.7. The lowest BCUT2D eigenvalue weighted by atomic mass is 10.1. The molecule has 6 nitrogen and oxygen atoms in total. The van der Waals surface area contributed by atoms with Gasteiger partial charge in [-0.2, -0.15) is 0 Å². The molecule has 0 aliphatic carbocycles. The van der Waals surface area contributed by atoms with E-state index in [0.717, 1.165) is 12.8 Å². The van der Waals surface area contributed by atoms with Crippen molar-refractivity contribution >= 4 is 11.9 Å². The van der Waals surface area contributed by atoms with Crippen LogP contribution in [0.5, 0.6) is 11.5 Å². The average Bonchev–Trinajstić information content (AvgIpc) is 2.60. The lowest BCUT2D eigenvalue weighted by molar-refractivity contribution is -0.140. The van der Waals surface area contributed by atoms with Crippen LogP contribution in [0.4, 0.5) is 0 Å². The van der Waals surface area contributed by atoms with E-state index < -0.39 is 0 Å². The third-order valence-corrected chi connectivity index (χ3v) is 3.51.